The first-order chi connectivity index (χ1) is 12.0. The van der Waals surface area contributed by atoms with Crippen LogP contribution in [0.15, 0.2) is 54.6 Å². The zero-order valence-corrected chi connectivity index (χ0v) is 14.6. The summed E-state index contributed by atoms with van der Waals surface area (Å²) in [4.78, 5) is 23.8. The van der Waals surface area contributed by atoms with Crippen LogP contribution in [0.5, 0.6) is 0 Å². The van der Waals surface area contributed by atoms with Crippen LogP contribution in [0.4, 0.5) is 5.69 Å². The minimum absolute atomic E-state index is 0.106. The first kappa shape index (κ1) is 19.0. The second kappa shape index (κ2) is 9.81. The molecule has 0 fully saturated rings. The maximum atomic E-state index is 12.0. The first-order valence-corrected chi connectivity index (χ1v) is 8.55. The molecule has 0 saturated carbocycles. The highest BCUT2D eigenvalue weighted by molar-refractivity contribution is 6.30. The highest BCUT2D eigenvalue weighted by atomic mass is 35.5. The van der Waals surface area contributed by atoms with Gasteiger partial charge in [0.1, 0.15) is 0 Å². The molecule has 5 nitrogen and oxygen atoms in total. The molecule has 0 saturated heterocycles. The topological polar surface area (TPSA) is 84.2 Å². The van der Waals surface area contributed by atoms with E-state index in [2.05, 4.69) is 10.6 Å². The molecule has 25 heavy (non-hydrogen) atoms. The number of hydrogen-bond acceptors (Lipinski definition) is 3. The van der Waals surface area contributed by atoms with Gasteiger partial charge in [-0.3, -0.25) is 9.59 Å². The third kappa shape index (κ3) is 6.95. The number of anilines is 1. The Kier molecular flexibility index (Phi) is 7.44. The van der Waals surface area contributed by atoms with Gasteiger partial charge in [-0.05, 0) is 42.7 Å². The molecule has 2 rings (SSSR count). The third-order valence-corrected chi connectivity index (χ3v) is 3.90. The Hall–Kier alpha value is -2.37. The first-order valence-electron chi connectivity index (χ1n) is 8.17. The molecule has 1 atom stereocenters. The number of carbonyl (C=O) groups excluding carboxylic acids is 2. The van der Waals surface area contributed by atoms with Crippen LogP contribution in [0.3, 0.4) is 0 Å². The molecule has 6 heteroatoms. The molecule has 2 aromatic carbocycles. The van der Waals surface area contributed by atoms with Crippen molar-refractivity contribution in [2.75, 3.05) is 11.9 Å². The molecule has 0 aliphatic heterocycles. The van der Waals surface area contributed by atoms with Crippen LogP contribution < -0.4 is 16.4 Å². The summed E-state index contributed by atoms with van der Waals surface area (Å²) in [6, 6.07) is 15.9. The average Bonchev–Trinajstić information content (AvgIpc) is 2.61. The van der Waals surface area contributed by atoms with Crippen LogP contribution in [-0.2, 0) is 16.0 Å². The van der Waals surface area contributed by atoms with E-state index in [1.807, 2.05) is 30.3 Å². The second-order valence-electron chi connectivity index (χ2n) is 5.75. The van der Waals surface area contributed by atoms with E-state index in [1.54, 1.807) is 24.3 Å². The number of hydrogen-bond donors (Lipinski definition) is 3. The lowest BCUT2D eigenvalue weighted by Crippen LogP contribution is -2.42. The van der Waals surface area contributed by atoms with Crippen molar-refractivity contribution in [3.05, 3.63) is 65.2 Å². The Labute approximate surface area is 152 Å². The van der Waals surface area contributed by atoms with E-state index in [1.165, 1.54) is 0 Å². The molecule has 0 radical (unpaired) electrons. The number of rotatable bonds is 8. The van der Waals surface area contributed by atoms with Crippen LogP contribution in [0.25, 0.3) is 0 Å². The maximum absolute atomic E-state index is 12.0. The zero-order valence-electron chi connectivity index (χ0n) is 13.9. The Balaban J connectivity index is 1.63. The van der Waals surface area contributed by atoms with E-state index in [4.69, 9.17) is 17.3 Å². The van der Waals surface area contributed by atoms with Crippen LogP contribution in [0.2, 0.25) is 5.02 Å². The predicted octanol–water partition coefficient (Wildman–Crippen LogP) is 2.74. The predicted molar refractivity (Wildman–Crippen MR) is 100 cm³/mol. The minimum Gasteiger partial charge on any atom is -0.355 e. The van der Waals surface area contributed by atoms with Crippen LogP contribution >= 0.6 is 11.6 Å². The Morgan fingerprint density at radius 2 is 1.72 bits per heavy atom. The van der Waals surface area contributed by atoms with Crippen LogP contribution in [0, 0.1) is 0 Å². The highest BCUT2D eigenvalue weighted by Gasteiger charge is 2.13. The number of halogens is 1. The number of carbonyl (C=O) groups is 2. The number of benzene rings is 2. The summed E-state index contributed by atoms with van der Waals surface area (Å²) in [6.45, 7) is 0.412. The molecule has 0 aromatic heterocycles. The van der Waals surface area contributed by atoms with Crippen molar-refractivity contribution in [2.24, 2.45) is 5.73 Å². The second-order valence-corrected chi connectivity index (χ2v) is 6.18. The van der Waals surface area contributed by atoms with Crippen molar-refractivity contribution in [2.45, 2.75) is 25.3 Å². The quantitative estimate of drug-likeness (QED) is 0.633. The lowest BCUT2D eigenvalue weighted by molar-refractivity contribution is -0.122. The van der Waals surface area contributed by atoms with Crippen molar-refractivity contribution >= 4 is 29.1 Å². The lowest BCUT2D eigenvalue weighted by atomic mass is 10.1. The SMILES string of the molecule is N[C@@H](Cc1ccccc1)C(=O)NCCCC(=O)Nc1ccc(Cl)cc1. The maximum Gasteiger partial charge on any atom is 0.237 e. The molecule has 132 valence electrons. The molecule has 0 spiro atoms. The molecule has 0 unspecified atom stereocenters. The van der Waals surface area contributed by atoms with Gasteiger partial charge in [-0.15, -0.1) is 0 Å². The summed E-state index contributed by atoms with van der Waals surface area (Å²) in [6.07, 6.45) is 1.35. The van der Waals surface area contributed by atoms with Gasteiger partial charge in [0.2, 0.25) is 11.8 Å². The van der Waals surface area contributed by atoms with Crippen molar-refractivity contribution in [1.82, 2.24) is 5.32 Å². The van der Waals surface area contributed by atoms with Gasteiger partial charge in [0, 0.05) is 23.7 Å². The summed E-state index contributed by atoms with van der Waals surface area (Å²) in [5.41, 5.74) is 7.62. The molecule has 0 heterocycles. The smallest absolute Gasteiger partial charge is 0.237 e. The normalized spacial score (nSPS) is 11.6. The van der Waals surface area contributed by atoms with E-state index in [9.17, 15) is 9.59 Å². The van der Waals surface area contributed by atoms with Crippen molar-refractivity contribution < 1.29 is 9.59 Å². The number of nitrogens with two attached hydrogens (primary N) is 1. The molecular formula is C19H22ClN3O2. The minimum atomic E-state index is -0.592. The fraction of sp³-hybridized carbons (Fsp3) is 0.263. The van der Waals surface area contributed by atoms with E-state index in [0.29, 0.717) is 36.5 Å². The van der Waals surface area contributed by atoms with E-state index >= 15 is 0 Å². The Morgan fingerprint density at radius 1 is 1.04 bits per heavy atom. The zero-order chi connectivity index (χ0) is 18.1. The van der Waals surface area contributed by atoms with Crippen molar-refractivity contribution in [3.8, 4) is 0 Å². The van der Waals surface area contributed by atoms with Gasteiger partial charge < -0.3 is 16.4 Å². The highest BCUT2D eigenvalue weighted by Crippen LogP contribution is 2.13. The van der Waals surface area contributed by atoms with E-state index in [-0.39, 0.29) is 11.8 Å². The third-order valence-electron chi connectivity index (χ3n) is 3.64. The average molecular weight is 360 g/mol. The molecular weight excluding hydrogens is 338 g/mol. The molecule has 2 aromatic rings. The van der Waals surface area contributed by atoms with Gasteiger partial charge in [-0.1, -0.05) is 41.9 Å². The van der Waals surface area contributed by atoms with Gasteiger partial charge >= 0.3 is 0 Å². The van der Waals surface area contributed by atoms with Gasteiger partial charge in [0.25, 0.3) is 0 Å². The number of amides is 2. The standard InChI is InChI=1S/C19H22ClN3O2/c20-15-8-10-16(11-9-15)23-18(24)7-4-12-22-19(25)17(21)13-14-5-2-1-3-6-14/h1-3,5-6,8-11,17H,4,7,12-13,21H2,(H,22,25)(H,23,24)/t17-/m0/s1. The van der Waals surface area contributed by atoms with Gasteiger partial charge in [-0.2, -0.15) is 0 Å². The molecule has 4 N–H and O–H groups in total. The van der Waals surface area contributed by atoms with Gasteiger partial charge in [0.15, 0.2) is 0 Å². The Bertz CT molecular complexity index is 690. The molecule has 2 amide bonds. The molecule has 0 aliphatic carbocycles. The Morgan fingerprint density at radius 3 is 2.40 bits per heavy atom. The van der Waals surface area contributed by atoms with E-state index in [0.717, 1.165) is 5.56 Å². The molecule has 0 bridgehead atoms. The van der Waals surface area contributed by atoms with Gasteiger partial charge in [-0.25, -0.2) is 0 Å². The van der Waals surface area contributed by atoms with Crippen molar-refractivity contribution in [3.63, 3.8) is 0 Å². The van der Waals surface area contributed by atoms with Crippen molar-refractivity contribution in [1.29, 1.82) is 0 Å². The monoisotopic (exact) mass is 359 g/mol. The summed E-state index contributed by atoms with van der Waals surface area (Å²) in [5.74, 6) is -0.313. The van der Waals surface area contributed by atoms with Gasteiger partial charge in [0.05, 0.1) is 6.04 Å². The largest absolute Gasteiger partial charge is 0.355 e. The van der Waals surface area contributed by atoms with Crippen LogP contribution in [0.1, 0.15) is 18.4 Å². The summed E-state index contributed by atoms with van der Waals surface area (Å²) in [7, 11) is 0. The van der Waals surface area contributed by atoms with E-state index < -0.39 is 6.04 Å². The van der Waals surface area contributed by atoms with Crippen LogP contribution in [-0.4, -0.2) is 24.4 Å². The fourth-order valence-electron chi connectivity index (χ4n) is 2.31. The number of nitrogens with one attached hydrogen (secondary N) is 2. The fourth-order valence-corrected chi connectivity index (χ4v) is 2.44. The lowest BCUT2D eigenvalue weighted by Gasteiger charge is -2.12. The summed E-state index contributed by atoms with van der Waals surface area (Å²) < 4.78 is 0. The molecule has 0 aliphatic rings. The summed E-state index contributed by atoms with van der Waals surface area (Å²) >= 11 is 5.79. The summed E-state index contributed by atoms with van der Waals surface area (Å²) in [5, 5.41) is 6.16.